The van der Waals surface area contributed by atoms with Gasteiger partial charge in [0.05, 0.1) is 17.5 Å². The number of H-pyrrole nitrogens is 1. The molecule has 0 radical (unpaired) electrons. The van der Waals surface area contributed by atoms with Crippen molar-refractivity contribution in [2.75, 3.05) is 26.2 Å². The van der Waals surface area contributed by atoms with Crippen LogP contribution in [0, 0.1) is 5.41 Å². The van der Waals surface area contributed by atoms with E-state index in [0.29, 0.717) is 5.41 Å². The molecule has 4 rings (SSSR count). The minimum atomic E-state index is -4.31. The van der Waals surface area contributed by atoms with Crippen molar-refractivity contribution in [1.29, 1.82) is 0 Å². The van der Waals surface area contributed by atoms with Crippen LogP contribution in [0.2, 0.25) is 0 Å². The molecule has 0 amide bonds. The van der Waals surface area contributed by atoms with Crippen LogP contribution in [0.5, 0.6) is 0 Å². The van der Waals surface area contributed by atoms with Crippen LogP contribution in [0.25, 0.3) is 11.3 Å². The van der Waals surface area contributed by atoms with E-state index in [1.165, 1.54) is 25.0 Å². The fourth-order valence-corrected chi connectivity index (χ4v) is 4.05. The number of aromatic amines is 1. The third-order valence-electron chi connectivity index (χ3n) is 5.46. The summed E-state index contributed by atoms with van der Waals surface area (Å²) in [7, 11) is 0. The molecule has 1 unspecified atom stereocenters. The highest BCUT2D eigenvalue weighted by Crippen LogP contribution is 2.37. The first-order chi connectivity index (χ1) is 12.0. The molecule has 4 nitrogen and oxygen atoms in total. The Morgan fingerprint density at radius 3 is 2.58 bits per heavy atom. The first-order valence-electron chi connectivity index (χ1n) is 8.58. The summed E-state index contributed by atoms with van der Waals surface area (Å²) in [6.07, 6.45) is -0.104. The second-order valence-corrected chi connectivity index (χ2v) is 7.23. The number of rotatable bonds is 3. The van der Waals surface area contributed by atoms with Gasteiger partial charge in [0.25, 0.3) is 0 Å². The molecule has 2 aliphatic heterocycles. The minimum absolute atomic E-state index is 0. The van der Waals surface area contributed by atoms with Crippen LogP contribution < -0.4 is 5.32 Å². The highest BCUT2D eigenvalue weighted by Gasteiger charge is 2.40. The lowest BCUT2D eigenvalue weighted by Gasteiger charge is -2.22. The Morgan fingerprint density at radius 2 is 1.92 bits per heavy atom. The van der Waals surface area contributed by atoms with Crippen molar-refractivity contribution in [3.8, 4) is 11.3 Å². The maximum atomic E-state index is 12.7. The van der Waals surface area contributed by atoms with Crippen molar-refractivity contribution >= 4 is 12.4 Å². The highest BCUT2D eigenvalue weighted by atomic mass is 35.5. The predicted octanol–water partition coefficient (Wildman–Crippen LogP) is 3.70. The molecule has 1 atom stereocenters. The second kappa shape index (κ2) is 7.21. The Morgan fingerprint density at radius 1 is 1.15 bits per heavy atom. The molecule has 26 heavy (non-hydrogen) atoms. The van der Waals surface area contributed by atoms with Crippen molar-refractivity contribution in [3.63, 3.8) is 0 Å². The first-order valence-corrected chi connectivity index (χ1v) is 8.58. The normalized spacial score (nSPS) is 23.5. The lowest BCUT2D eigenvalue weighted by Crippen LogP contribution is -2.28. The molecule has 0 saturated carbocycles. The molecule has 1 spiro atoms. The Bertz CT molecular complexity index is 736. The summed E-state index contributed by atoms with van der Waals surface area (Å²) in [5.41, 5.74) is 2.34. The second-order valence-electron chi connectivity index (χ2n) is 7.23. The van der Waals surface area contributed by atoms with E-state index in [2.05, 4.69) is 20.4 Å². The van der Waals surface area contributed by atoms with E-state index in [9.17, 15) is 13.2 Å². The first kappa shape index (κ1) is 19.2. The highest BCUT2D eigenvalue weighted by molar-refractivity contribution is 5.85. The van der Waals surface area contributed by atoms with E-state index in [1.54, 1.807) is 6.20 Å². The molecule has 0 bridgehead atoms. The molecule has 0 aliphatic carbocycles. The van der Waals surface area contributed by atoms with Gasteiger partial charge < -0.3 is 5.32 Å². The van der Waals surface area contributed by atoms with Gasteiger partial charge >= 0.3 is 6.18 Å². The molecule has 2 N–H and O–H groups in total. The number of nitrogens with one attached hydrogen (secondary N) is 2. The van der Waals surface area contributed by atoms with Crippen molar-refractivity contribution in [2.45, 2.75) is 25.6 Å². The van der Waals surface area contributed by atoms with Gasteiger partial charge in [-0.2, -0.15) is 18.3 Å². The van der Waals surface area contributed by atoms with Gasteiger partial charge in [-0.25, -0.2) is 0 Å². The lowest BCUT2D eigenvalue weighted by molar-refractivity contribution is -0.137. The van der Waals surface area contributed by atoms with Gasteiger partial charge in [0.2, 0.25) is 0 Å². The number of likely N-dealkylation sites (tertiary alicyclic amines) is 1. The quantitative estimate of drug-likeness (QED) is 0.845. The SMILES string of the molecule is Cl.FC(F)(F)c1ccc(-c2[nH]ncc2CN2CCC3(CCNC3)C2)cc1. The summed E-state index contributed by atoms with van der Waals surface area (Å²) in [6, 6.07) is 5.25. The number of benzene rings is 1. The summed E-state index contributed by atoms with van der Waals surface area (Å²) in [4.78, 5) is 2.42. The fraction of sp³-hybridized carbons (Fsp3) is 0.500. The number of halogens is 4. The van der Waals surface area contributed by atoms with Crippen molar-refractivity contribution < 1.29 is 13.2 Å². The van der Waals surface area contributed by atoms with Crippen LogP contribution in [-0.4, -0.2) is 41.3 Å². The van der Waals surface area contributed by atoms with Crippen LogP contribution in [0.15, 0.2) is 30.5 Å². The summed E-state index contributed by atoms with van der Waals surface area (Å²) in [5.74, 6) is 0. The van der Waals surface area contributed by atoms with E-state index >= 15 is 0 Å². The Labute approximate surface area is 156 Å². The van der Waals surface area contributed by atoms with Crippen LogP contribution in [-0.2, 0) is 12.7 Å². The Kier molecular flexibility index (Phi) is 5.33. The van der Waals surface area contributed by atoms with Crippen molar-refractivity contribution in [3.05, 3.63) is 41.6 Å². The summed E-state index contributed by atoms with van der Waals surface area (Å²) in [6.45, 7) is 5.07. The van der Waals surface area contributed by atoms with Crippen LogP contribution >= 0.6 is 12.4 Å². The average molecular weight is 387 g/mol. The number of aromatic nitrogens is 2. The molecular weight excluding hydrogens is 365 g/mol. The lowest BCUT2D eigenvalue weighted by atomic mass is 9.86. The maximum Gasteiger partial charge on any atom is 0.416 e. The molecule has 142 valence electrons. The zero-order valence-corrected chi connectivity index (χ0v) is 15.1. The number of nitrogens with zero attached hydrogens (tertiary/aromatic N) is 2. The third kappa shape index (κ3) is 3.75. The van der Waals surface area contributed by atoms with Gasteiger partial charge in [0, 0.05) is 25.2 Å². The number of hydrogen-bond donors (Lipinski definition) is 2. The molecule has 1 aromatic heterocycles. The van der Waals surface area contributed by atoms with Gasteiger partial charge in [0.15, 0.2) is 0 Å². The van der Waals surface area contributed by atoms with Crippen LogP contribution in [0.1, 0.15) is 24.0 Å². The topological polar surface area (TPSA) is 44.0 Å². The molecule has 2 aromatic rings. The molecule has 2 aliphatic rings. The van der Waals surface area contributed by atoms with Gasteiger partial charge in [-0.3, -0.25) is 10.00 Å². The van der Waals surface area contributed by atoms with E-state index in [1.807, 2.05) is 0 Å². The molecule has 2 saturated heterocycles. The van der Waals surface area contributed by atoms with Crippen molar-refractivity contribution in [1.82, 2.24) is 20.4 Å². The monoisotopic (exact) mass is 386 g/mol. The molecule has 3 heterocycles. The van der Waals surface area contributed by atoms with Gasteiger partial charge in [-0.05, 0) is 49.0 Å². The molecule has 2 fully saturated rings. The number of alkyl halides is 3. The zero-order chi connectivity index (χ0) is 17.5. The van der Waals surface area contributed by atoms with Gasteiger partial charge in [0.1, 0.15) is 0 Å². The average Bonchev–Trinajstić information content (AvgIpc) is 3.30. The van der Waals surface area contributed by atoms with E-state index in [0.717, 1.165) is 61.7 Å². The van der Waals surface area contributed by atoms with E-state index in [-0.39, 0.29) is 12.4 Å². The molecule has 8 heteroatoms. The van der Waals surface area contributed by atoms with Crippen molar-refractivity contribution in [2.24, 2.45) is 5.41 Å². The van der Waals surface area contributed by atoms with Gasteiger partial charge in [-0.15, -0.1) is 12.4 Å². The number of hydrogen-bond acceptors (Lipinski definition) is 3. The summed E-state index contributed by atoms with van der Waals surface area (Å²) < 4.78 is 38.2. The summed E-state index contributed by atoms with van der Waals surface area (Å²) >= 11 is 0. The predicted molar refractivity (Wildman–Crippen MR) is 96.1 cm³/mol. The van der Waals surface area contributed by atoms with E-state index in [4.69, 9.17) is 0 Å². The minimum Gasteiger partial charge on any atom is -0.316 e. The standard InChI is InChI=1S/C18H21F3N4.ClH/c19-18(20,21)15-3-1-13(2-4-15)16-14(9-23-24-16)10-25-8-6-17(12-25)5-7-22-11-17;/h1-4,9,22H,5-8,10-12H2,(H,23,24);1H. The third-order valence-corrected chi connectivity index (χ3v) is 5.46. The largest absolute Gasteiger partial charge is 0.416 e. The Hall–Kier alpha value is -1.57. The summed E-state index contributed by atoms with van der Waals surface area (Å²) in [5, 5.41) is 10.5. The molecular formula is C18H22ClF3N4. The smallest absolute Gasteiger partial charge is 0.316 e. The fourth-order valence-electron chi connectivity index (χ4n) is 4.05. The Balaban J connectivity index is 0.00000196. The van der Waals surface area contributed by atoms with Gasteiger partial charge in [-0.1, -0.05) is 12.1 Å². The maximum absolute atomic E-state index is 12.7. The zero-order valence-electron chi connectivity index (χ0n) is 14.3. The van der Waals surface area contributed by atoms with Crippen LogP contribution in [0.4, 0.5) is 13.2 Å². The molecule has 1 aromatic carbocycles. The van der Waals surface area contributed by atoms with E-state index < -0.39 is 11.7 Å². The van der Waals surface area contributed by atoms with Crippen LogP contribution in [0.3, 0.4) is 0 Å².